The van der Waals surface area contributed by atoms with Gasteiger partial charge in [-0.3, -0.25) is 14.4 Å². The lowest BCUT2D eigenvalue weighted by Gasteiger charge is -2.17. The van der Waals surface area contributed by atoms with Crippen LogP contribution >= 0.6 is 0 Å². The first-order chi connectivity index (χ1) is 11.6. The third-order valence-corrected chi connectivity index (χ3v) is 4.80. The maximum absolute atomic E-state index is 12.3. The molecule has 3 rings (SSSR count). The predicted molar refractivity (Wildman–Crippen MR) is 88.7 cm³/mol. The molecule has 0 bridgehead atoms. The lowest BCUT2D eigenvalue weighted by molar-refractivity contribution is -0.127. The van der Waals surface area contributed by atoms with Crippen molar-refractivity contribution in [2.24, 2.45) is 0 Å². The van der Waals surface area contributed by atoms with Gasteiger partial charge in [-0.15, -0.1) is 0 Å². The second kappa shape index (κ2) is 7.15. The summed E-state index contributed by atoms with van der Waals surface area (Å²) in [5.74, 6) is -0.0149. The van der Waals surface area contributed by atoms with Crippen LogP contribution in [0.1, 0.15) is 49.9 Å². The number of aromatic nitrogens is 2. The fourth-order valence-electron chi connectivity index (χ4n) is 3.37. The van der Waals surface area contributed by atoms with Crippen molar-refractivity contribution in [3.63, 3.8) is 0 Å². The molecule has 24 heavy (non-hydrogen) atoms. The molecular formula is C17H24N4O3. The second-order valence-corrected chi connectivity index (χ2v) is 6.56. The lowest BCUT2D eigenvalue weighted by Crippen LogP contribution is -2.38. The molecular weight excluding hydrogens is 308 g/mol. The fourth-order valence-corrected chi connectivity index (χ4v) is 3.37. The Bertz CT molecular complexity index is 698. The number of carbonyl (C=O) groups excluding carboxylic acids is 2. The highest BCUT2D eigenvalue weighted by atomic mass is 16.2. The molecule has 2 aliphatic rings. The van der Waals surface area contributed by atoms with E-state index in [-0.39, 0.29) is 17.4 Å². The van der Waals surface area contributed by atoms with Gasteiger partial charge in [-0.1, -0.05) is 0 Å². The molecule has 2 amide bonds. The summed E-state index contributed by atoms with van der Waals surface area (Å²) < 4.78 is 1.28. The Morgan fingerprint density at radius 1 is 1.29 bits per heavy atom. The maximum atomic E-state index is 12.3. The highest BCUT2D eigenvalue weighted by Gasteiger charge is 2.22. The Hall–Kier alpha value is -2.18. The Morgan fingerprint density at radius 3 is 2.88 bits per heavy atom. The second-order valence-electron chi connectivity index (χ2n) is 6.56. The van der Waals surface area contributed by atoms with Crippen molar-refractivity contribution in [1.82, 2.24) is 20.0 Å². The average molecular weight is 332 g/mol. The molecule has 1 aromatic rings. The Morgan fingerprint density at radius 2 is 2.12 bits per heavy atom. The molecule has 7 heteroatoms. The number of hydrogen-bond donors (Lipinski definition) is 1. The molecule has 1 unspecified atom stereocenters. The Labute approximate surface area is 141 Å². The zero-order valence-corrected chi connectivity index (χ0v) is 14.1. The molecule has 0 spiro atoms. The van der Waals surface area contributed by atoms with Crippen LogP contribution in [0.5, 0.6) is 0 Å². The standard InChI is InChI=1S/C17H24N4O3/c1-12(21-16(23)11-13-5-2-6-14(13)19-21)17(24)18-8-4-10-20-9-3-7-15(20)22/h11-12H,2-10H2,1H3,(H,18,24). The van der Waals surface area contributed by atoms with Crippen LogP contribution in [0.4, 0.5) is 0 Å². The fraction of sp³-hybridized carbons (Fsp3) is 0.647. The summed E-state index contributed by atoms with van der Waals surface area (Å²) in [6, 6.07) is 0.981. The van der Waals surface area contributed by atoms with Gasteiger partial charge >= 0.3 is 0 Å². The van der Waals surface area contributed by atoms with Crippen molar-refractivity contribution >= 4 is 11.8 Å². The van der Waals surface area contributed by atoms with Gasteiger partial charge in [0.15, 0.2) is 0 Å². The zero-order valence-electron chi connectivity index (χ0n) is 14.1. The van der Waals surface area contributed by atoms with Crippen molar-refractivity contribution in [2.75, 3.05) is 19.6 Å². The molecule has 1 aliphatic heterocycles. The molecule has 1 aromatic heterocycles. The highest BCUT2D eigenvalue weighted by Crippen LogP contribution is 2.18. The molecule has 1 saturated heterocycles. The van der Waals surface area contributed by atoms with Gasteiger partial charge in [-0.2, -0.15) is 5.10 Å². The van der Waals surface area contributed by atoms with Gasteiger partial charge in [0.25, 0.3) is 5.56 Å². The largest absolute Gasteiger partial charge is 0.354 e. The summed E-state index contributed by atoms with van der Waals surface area (Å²) in [5.41, 5.74) is 1.72. The molecule has 1 aliphatic carbocycles. The number of fused-ring (bicyclic) bond motifs is 1. The van der Waals surface area contributed by atoms with Crippen molar-refractivity contribution in [3.05, 3.63) is 27.7 Å². The topological polar surface area (TPSA) is 84.3 Å². The van der Waals surface area contributed by atoms with E-state index >= 15 is 0 Å². The van der Waals surface area contributed by atoms with Crippen molar-refractivity contribution in [2.45, 2.75) is 51.5 Å². The summed E-state index contributed by atoms with van der Waals surface area (Å²) in [6.07, 6.45) is 5.06. The summed E-state index contributed by atoms with van der Waals surface area (Å²) in [6.45, 7) is 3.67. The SMILES string of the molecule is CC(C(=O)NCCCN1CCCC1=O)n1nc2c(cc1=O)CCC2. The molecule has 1 fully saturated rings. The Kier molecular flexibility index (Phi) is 4.97. The van der Waals surface area contributed by atoms with E-state index in [0.717, 1.165) is 49.9 Å². The monoisotopic (exact) mass is 332 g/mol. The van der Waals surface area contributed by atoms with E-state index in [4.69, 9.17) is 0 Å². The van der Waals surface area contributed by atoms with Crippen LogP contribution in [-0.2, 0) is 22.4 Å². The predicted octanol–water partition coefficient (Wildman–Crippen LogP) is 0.422. The minimum atomic E-state index is -0.628. The van der Waals surface area contributed by atoms with Crippen LogP contribution < -0.4 is 10.9 Å². The summed E-state index contributed by atoms with van der Waals surface area (Å²) >= 11 is 0. The molecule has 130 valence electrons. The molecule has 2 heterocycles. The van der Waals surface area contributed by atoms with Crippen molar-refractivity contribution in [3.8, 4) is 0 Å². The normalized spacial score (nSPS) is 17.9. The molecule has 7 nitrogen and oxygen atoms in total. The third-order valence-electron chi connectivity index (χ3n) is 4.80. The van der Waals surface area contributed by atoms with E-state index < -0.39 is 6.04 Å². The maximum Gasteiger partial charge on any atom is 0.267 e. The lowest BCUT2D eigenvalue weighted by atomic mass is 10.2. The highest BCUT2D eigenvalue weighted by molar-refractivity contribution is 5.79. The van der Waals surface area contributed by atoms with Crippen LogP contribution in [0, 0.1) is 0 Å². The smallest absolute Gasteiger partial charge is 0.267 e. The van der Waals surface area contributed by atoms with Crippen LogP contribution in [0.15, 0.2) is 10.9 Å². The van der Waals surface area contributed by atoms with E-state index in [0.29, 0.717) is 19.5 Å². The number of aryl methyl sites for hydroxylation is 2. The van der Waals surface area contributed by atoms with Gasteiger partial charge in [-0.25, -0.2) is 4.68 Å². The number of carbonyl (C=O) groups is 2. The first-order valence-electron chi connectivity index (χ1n) is 8.73. The van der Waals surface area contributed by atoms with E-state index in [1.165, 1.54) is 4.68 Å². The van der Waals surface area contributed by atoms with Gasteiger partial charge in [0.2, 0.25) is 11.8 Å². The van der Waals surface area contributed by atoms with Gasteiger partial charge in [-0.05, 0) is 44.6 Å². The van der Waals surface area contributed by atoms with E-state index in [9.17, 15) is 14.4 Å². The quantitative estimate of drug-likeness (QED) is 0.765. The van der Waals surface area contributed by atoms with Crippen molar-refractivity contribution < 1.29 is 9.59 Å². The number of nitrogens with one attached hydrogen (secondary N) is 1. The molecule has 1 atom stereocenters. The molecule has 0 radical (unpaired) electrons. The van der Waals surface area contributed by atoms with E-state index in [2.05, 4.69) is 10.4 Å². The average Bonchev–Trinajstić information content (AvgIpc) is 3.18. The minimum absolute atomic E-state index is 0.198. The van der Waals surface area contributed by atoms with Gasteiger partial charge in [0.1, 0.15) is 6.04 Å². The van der Waals surface area contributed by atoms with Crippen LogP contribution in [0.3, 0.4) is 0 Å². The van der Waals surface area contributed by atoms with Crippen molar-refractivity contribution in [1.29, 1.82) is 0 Å². The van der Waals surface area contributed by atoms with Gasteiger partial charge in [0, 0.05) is 32.1 Å². The molecule has 1 N–H and O–H groups in total. The van der Waals surface area contributed by atoms with Gasteiger partial charge in [0.05, 0.1) is 5.69 Å². The zero-order chi connectivity index (χ0) is 17.1. The van der Waals surface area contributed by atoms with E-state index in [1.54, 1.807) is 13.0 Å². The number of hydrogen-bond acceptors (Lipinski definition) is 4. The number of rotatable bonds is 6. The number of likely N-dealkylation sites (tertiary alicyclic amines) is 1. The van der Waals surface area contributed by atoms with Crippen LogP contribution in [-0.4, -0.2) is 46.1 Å². The summed E-state index contributed by atoms with van der Waals surface area (Å²) in [4.78, 5) is 37.8. The van der Waals surface area contributed by atoms with Gasteiger partial charge < -0.3 is 10.2 Å². The summed E-state index contributed by atoms with van der Waals surface area (Å²) in [5, 5.41) is 7.20. The molecule has 0 saturated carbocycles. The number of amides is 2. The first-order valence-corrected chi connectivity index (χ1v) is 8.73. The van der Waals surface area contributed by atoms with E-state index in [1.807, 2.05) is 4.90 Å². The Balaban J connectivity index is 1.51. The van der Waals surface area contributed by atoms with Crippen LogP contribution in [0.25, 0.3) is 0 Å². The first kappa shape index (κ1) is 16.7. The third kappa shape index (κ3) is 3.49. The number of nitrogens with zero attached hydrogens (tertiary/aromatic N) is 3. The minimum Gasteiger partial charge on any atom is -0.354 e. The molecule has 0 aromatic carbocycles. The van der Waals surface area contributed by atoms with Crippen LogP contribution in [0.2, 0.25) is 0 Å². The summed E-state index contributed by atoms with van der Waals surface area (Å²) in [7, 11) is 0.